The zero-order valence-corrected chi connectivity index (χ0v) is 18.3. The highest BCUT2D eigenvalue weighted by molar-refractivity contribution is 6.20. The SMILES string of the molecule is C[C@@H]1O[C@H](C(F)(F)F)CN2c3c(F)cc(-c4noc(C(F)(F)F)n4)cc3CC3(C(=O)NC(=O)NC3=O)[C@@H]12. The summed E-state index contributed by atoms with van der Waals surface area (Å²) in [7, 11) is 0. The maximum Gasteiger partial charge on any atom is 0.471 e. The van der Waals surface area contributed by atoms with Crippen LogP contribution in [0, 0.1) is 11.2 Å². The fraction of sp³-hybridized carbons (Fsp3) is 0.450. The third-order valence-corrected chi connectivity index (χ3v) is 6.48. The van der Waals surface area contributed by atoms with Crippen LogP contribution >= 0.6 is 0 Å². The van der Waals surface area contributed by atoms with E-state index in [0.29, 0.717) is 6.07 Å². The highest BCUT2D eigenvalue weighted by Crippen LogP contribution is 2.49. The highest BCUT2D eigenvalue weighted by atomic mass is 19.4. The molecule has 0 saturated carbocycles. The van der Waals surface area contributed by atoms with Crippen LogP contribution in [0.15, 0.2) is 16.7 Å². The van der Waals surface area contributed by atoms with E-state index in [1.165, 1.54) is 6.92 Å². The largest absolute Gasteiger partial charge is 0.471 e. The van der Waals surface area contributed by atoms with Gasteiger partial charge in [-0.2, -0.15) is 31.3 Å². The third kappa shape index (κ3) is 3.79. The van der Waals surface area contributed by atoms with Crippen molar-refractivity contribution in [2.24, 2.45) is 5.41 Å². The Morgan fingerprint density at radius 3 is 2.30 bits per heavy atom. The van der Waals surface area contributed by atoms with E-state index in [0.717, 1.165) is 11.0 Å². The van der Waals surface area contributed by atoms with Gasteiger partial charge in [-0.05, 0) is 24.6 Å². The number of fused-ring (bicyclic) bond motifs is 4. The molecule has 3 aliphatic heterocycles. The lowest BCUT2D eigenvalue weighted by atomic mass is 9.66. The van der Waals surface area contributed by atoms with Gasteiger partial charge in [-0.15, -0.1) is 0 Å². The number of anilines is 1. The van der Waals surface area contributed by atoms with Gasteiger partial charge in [0.25, 0.3) is 0 Å². The molecule has 17 heteroatoms. The molecular formula is C20H14F7N5O5. The van der Waals surface area contributed by atoms with E-state index in [1.807, 2.05) is 10.6 Å². The number of nitrogens with zero attached hydrogens (tertiary/aromatic N) is 3. The smallest absolute Gasteiger partial charge is 0.362 e. The van der Waals surface area contributed by atoms with Crippen LogP contribution in [0.2, 0.25) is 0 Å². The minimum absolute atomic E-state index is 0.209. The number of carbonyl (C=O) groups is 3. The predicted octanol–water partition coefficient (Wildman–Crippen LogP) is 2.33. The molecule has 1 aromatic carbocycles. The zero-order valence-electron chi connectivity index (χ0n) is 18.3. The van der Waals surface area contributed by atoms with Gasteiger partial charge in [0.05, 0.1) is 24.4 Å². The van der Waals surface area contributed by atoms with Gasteiger partial charge < -0.3 is 14.2 Å². The average molecular weight is 537 g/mol. The van der Waals surface area contributed by atoms with Crippen LogP contribution in [0.5, 0.6) is 0 Å². The number of carbonyl (C=O) groups excluding carboxylic acids is 3. The standard InChI is InChI=1S/C20H14F7N5O5/c1-6-12-18(14(33)29-17(35)30-15(18)34)4-8-2-7(13-28-16(37-31-13)20(25,26)27)3-9(21)11(8)32(12)5-10(36-6)19(22,23)24/h2-3,6,10,12H,4-5H2,1H3,(H2,29,30,33,34,35)/t6-,10-,12+/m0/s1. The summed E-state index contributed by atoms with van der Waals surface area (Å²) >= 11 is 0. The van der Waals surface area contributed by atoms with Crippen molar-refractivity contribution in [2.45, 2.75) is 43.9 Å². The number of alkyl halides is 6. The average Bonchev–Trinajstić information content (AvgIpc) is 3.27. The number of rotatable bonds is 1. The first-order valence-electron chi connectivity index (χ1n) is 10.5. The molecule has 4 heterocycles. The van der Waals surface area contributed by atoms with Crippen LogP contribution in [0.4, 0.5) is 41.2 Å². The lowest BCUT2D eigenvalue weighted by Gasteiger charge is -2.55. The van der Waals surface area contributed by atoms with Crippen molar-refractivity contribution in [1.29, 1.82) is 0 Å². The van der Waals surface area contributed by atoms with E-state index in [-0.39, 0.29) is 11.1 Å². The summed E-state index contributed by atoms with van der Waals surface area (Å²) < 4.78 is 104. The van der Waals surface area contributed by atoms with Crippen LogP contribution in [0.1, 0.15) is 18.4 Å². The van der Waals surface area contributed by atoms with Gasteiger partial charge in [-0.1, -0.05) is 5.16 Å². The summed E-state index contributed by atoms with van der Waals surface area (Å²) in [6, 6.07) is -0.899. The third-order valence-electron chi connectivity index (χ3n) is 6.48. The van der Waals surface area contributed by atoms with E-state index in [2.05, 4.69) is 14.7 Å². The molecular weight excluding hydrogens is 523 g/mol. The topological polar surface area (TPSA) is 127 Å². The summed E-state index contributed by atoms with van der Waals surface area (Å²) in [5.41, 5.74) is -3.23. The van der Waals surface area contributed by atoms with Crippen molar-refractivity contribution in [1.82, 2.24) is 20.8 Å². The molecule has 10 nitrogen and oxygen atoms in total. The van der Waals surface area contributed by atoms with Crippen LogP contribution in [0.3, 0.4) is 0 Å². The van der Waals surface area contributed by atoms with E-state index in [1.54, 1.807) is 0 Å². The number of hydrogen-bond acceptors (Lipinski definition) is 8. The summed E-state index contributed by atoms with van der Waals surface area (Å²) in [5, 5.41) is 6.97. The van der Waals surface area contributed by atoms with Gasteiger partial charge in [0.15, 0.2) is 11.5 Å². The Bertz CT molecular complexity index is 1300. The molecule has 0 aliphatic carbocycles. The Kier molecular flexibility index (Phi) is 5.30. The number of nitrogens with one attached hydrogen (secondary N) is 2. The number of imide groups is 2. The number of amides is 4. The maximum atomic E-state index is 15.5. The maximum absolute atomic E-state index is 15.5. The first-order valence-corrected chi connectivity index (χ1v) is 10.5. The molecule has 1 aromatic heterocycles. The summed E-state index contributed by atoms with van der Waals surface area (Å²) in [4.78, 5) is 41.9. The molecule has 5 rings (SSSR count). The highest BCUT2D eigenvalue weighted by Gasteiger charge is 2.65. The van der Waals surface area contributed by atoms with Crippen molar-refractivity contribution in [3.05, 3.63) is 29.4 Å². The monoisotopic (exact) mass is 537 g/mol. The summed E-state index contributed by atoms with van der Waals surface area (Å²) in [5.74, 6) is -5.91. The first-order chi connectivity index (χ1) is 17.1. The predicted molar refractivity (Wildman–Crippen MR) is 104 cm³/mol. The van der Waals surface area contributed by atoms with Crippen molar-refractivity contribution >= 4 is 23.5 Å². The minimum Gasteiger partial charge on any atom is -0.362 e. The quantitative estimate of drug-likeness (QED) is 0.420. The number of hydrogen-bond donors (Lipinski definition) is 2. The summed E-state index contributed by atoms with van der Waals surface area (Å²) in [6.45, 7) is 0.155. The van der Waals surface area contributed by atoms with E-state index in [4.69, 9.17) is 4.74 Å². The molecule has 4 amide bonds. The second-order valence-electron chi connectivity index (χ2n) is 8.74. The lowest BCUT2D eigenvalue weighted by molar-refractivity contribution is -0.242. The Labute approximate surface area is 201 Å². The van der Waals surface area contributed by atoms with Gasteiger partial charge in [0, 0.05) is 12.0 Å². The molecule has 1 spiro atoms. The number of aromatic nitrogens is 2. The molecule has 37 heavy (non-hydrogen) atoms. The lowest BCUT2D eigenvalue weighted by Crippen LogP contribution is -2.76. The van der Waals surface area contributed by atoms with Crippen LogP contribution in [-0.2, 0) is 26.9 Å². The van der Waals surface area contributed by atoms with Crippen molar-refractivity contribution in [3.8, 4) is 11.4 Å². The van der Waals surface area contributed by atoms with Gasteiger partial charge in [-0.25, -0.2) is 9.18 Å². The molecule has 0 radical (unpaired) electrons. The molecule has 2 N–H and O–H groups in total. The van der Waals surface area contributed by atoms with Crippen molar-refractivity contribution in [3.63, 3.8) is 0 Å². The minimum atomic E-state index is -5.00. The Morgan fingerprint density at radius 2 is 1.73 bits per heavy atom. The Balaban J connectivity index is 1.69. The second-order valence-corrected chi connectivity index (χ2v) is 8.74. The van der Waals surface area contributed by atoms with Crippen molar-refractivity contribution in [2.75, 3.05) is 11.4 Å². The van der Waals surface area contributed by atoms with Crippen LogP contribution < -0.4 is 15.5 Å². The van der Waals surface area contributed by atoms with E-state index >= 15 is 4.39 Å². The van der Waals surface area contributed by atoms with Crippen LogP contribution in [-0.4, -0.2) is 59.0 Å². The molecule has 0 bridgehead atoms. The Morgan fingerprint density at radius 1 is 1.08 bits per heavy atom. The zero-order chi connectivity index (χ0) is 27.1. The second kappa shape index (κ2) is 7.87. The number of benzene rings is 1. The van der Waals surface area contributed by atoms with Gasteiger partial charge >= 0.3 is 24.3 Å². The molecule has 3 atom stereocenters. The normalized spacial score (nSPS) is 25.5. The number of ether oxygens (including phenoxy) is 1. The van der Waals surface area contributed by atoms with Gasteiger partial charge in [0.1, 0.15) is 5.82 Å². The van der Waals surface area contributed by atoms with Crippen LogP contribution in [0.25, 0.3) is 11.4 Å². The van der Waals surface area contributed by atoms with Crippen molar-refractivity contribution < 1.29 is 54.4 Å². The molecule has 2 aromatic rings. The number of morpholine rings is 1. The fourth-order valence-electron chi connectivity index (χ4n) is 5.10. The van der Waals surface area contributed by atoms with Gasteiger partial charge in [0.2, 0.25) is 17.6 Å². The van der Waals surface area contributed by atoms with E-state index in [9.17, 15) is 40.7 Å². The molecule has 0 unspecified atom stereocenters. The Hall–Kier alpha value is -3.76. The fourth-order valence-corrected chi connectivity index (χ4v) is 5.10. The molecule has 3 aliphatic rings. The molecule has 198 valence electrons. The van der Waals surface area contributed by atoms with Gasteiger partial charge in [-0.3, -0.25) is 20.2 Å². The first kappa shape index (κ1) is 24.9. The summed E-state index contributed by atoms with van der Waals surface area (Å²) in [6.07, 6.45) is -14.4. The number of barbiturate groups is 1. The number of urea groups is 1. The number of halogens is 7. The molecule has 2 fully saturated rings. The van der Waals surface area contributed by atoms with E-state index < -0.39 is 90.0 Å². The molecule has 2 saturated heterocycles.